The highest BCUT2D eigenvalue weighted by Gasteiger charge is 2.12. The fraction of sp³-hybridized carbons (Fsp3) is 0.538. The molecule has 1 unspecified atom stereocenters. The lowest BCUT2D eigenvalue weighted by Crippen LogP contribution is -2.26. The third-order valence-electron chi connectivity index (χ3n) is 2.96. The number of thioether (sulfide) groups is 1. The molecule has 1 aliphatic rings. The van der Waals surface area contributed by atoms with E-state index in [2.05, 4.69) is 45.1 Å². The van der Waals surface area contributed by atoms with Crippen LogP contribution < -0.4 is 5.32 Å². The molecule has 1 saturated heterocycles. The van der Waals surface area contributed by atoms with Gasteiger partial charge in [0, 0.05) is 22.8 Å². The van der Waals surface area contributed by atoms with Crippen molar-refractivity contribution in [2.75, 3.05) is 12.3 Å². The molecule has 1 aromatic rings. The van der Waals surface area contributed by atoms with Gasteiger partial charge in [-0.15, -0.1) is 0 Å². The van der Waals surface area contributed by atoms with Crippen LogP contribution in [-0.2, 0) is 6.54 Å². The minimum absolute atomic E-state index is 0.775. The fourth-order valence-corrected chi connectivity index (χ4v) is 3.81. The molecular formula is C13H17BrClNS. The Balaban J connectivity index is 1.75. The lowest BCUT2D eigenvalue weighted by molar-refractivity contribution is 0.598. The quantitative estimate of drug-likeness (QED) is 0.871. The summed E-state index contributed by atoms with van der Waals surface area (Å²) < 4.78 is 0.977. The van der Waals surface area contributed by atoms with Crippen molar-refractivity contribution < 1.29 is 0 Å². The van der Waals surface area contributed by atoms with E-state index in [0.29, 0.717) is 0 Å². The number of hydrogen-bond donors (Lipinski definition) is 1. The summed E-state index contributed by atoms with van der Waals surface area (Å²) in [7, 11) is 0. The van der Waals surface area contributed by atoms with Crippen molar-refractivity contribution in [2.45, 2.75) is 31.1 Å². The third-order valence-corrected chi connectivity index (χ3v) is 5.57. The third kappa shape index (κ3) is 4.47. The molecule has 0 aromatic heterocycles. The summed E-state index contributed by atoms with van der Waals surface area (Å²) in [4.78, 5) is 0. The van der Waals surface area contributed by atoms with Crippen molar-refractivity contribution in [1.29, 1.82) is 0 Å². The molecule has 2 rings (SSSR count). The van der Waals surface area contributed by atoms with Crippen LogP contribution in [0.4, 0.5) is 0 Å². The van der Waals surface area contributed by atoms with Gasteiger partial charge < -0.3 is 5.32 Å². The normalized spacial score (nSPS) is 20.5. The van der Waals surface area contributed by atoms with E-state index in [1.807, 2.05) is 6.07 Å². The van der Waals surface area contributed by atoms with Crippen LogP contribution >= 0.6 is 39.3 Å². The predicted octanol–water partition coefficient (Wildman–Crippen LogP) is 4.48. The Kier molecular flexibility index (Phi) is 5.67. The van der Waals surface area contributed by atoms with E-state index < -0.39 is 0 Å². The average molecular weight is 335 g/mol. The Labute approximate surface area is 121 Å². The van der Waals surface area contributed by atoms with Crippen LogP contribution in [0.5, 0.6) is 0 Å². The maximum Gasteiger partial charge on any atom is 0.0548 e. The number of rotatable bonds is 4. The monoisotopic (exact) mass is 333 g/mol. The molecular weight excluding hydrogens is 318 g/mol. The second-order valence-corrected chi connectivity index (χ2v) is 7.04. The van der Waals surface area contributed by atoms with Crippen molar-refractivity contribution in [3.8, 4) is 0 Å². The fourth-order valence-electron chi connectivity index (χ4n) is 2.00. The summed E-state index contributed by atoms with van der Waals surface area (Å²) in [5, 5.41) is 5.11. The summed E-state index contributed by atoms with van der Waals surface area (Å²) in [5.74, 6) is 1.33. The van der Waals surface area contributed by atoms with Gasteiger partial charge in [-0.05, 0) is 52.2 Å². The maximum absolute atomic E-state index is 5.97. The smallest absolute Gasteiger partial charge is 0.0548 e. The largest absolute Gasteiger partial charge is 0.312 e. The molecule has 17 heavy (non-hydrogen) atoms. The molecule has 0 spiro atoms. The van der Waals surface area contributed by atoms with Crippen molar-refractivity contribution >= 4 is 39.3 Å². The van der Waals surface area contributed by atoms with E-state index in [0.717, 1.165) is 27.8 Å². The lowest BCUT2D eigenvalue weighted by Gasteiger charge is -2.21. The Morgan fingerprint density at radius 3 is 3.00 bits per heavy atom. The van der Waals surface area contributed by atoms with Gasteiger partial charge in [0.2, 0.25) is 0 Å². The summed E-state index contributed by atoms with van der Waals surface area (Å²) in [6.45, 7) is 2.04. The molecule has 1 N–H and O–H groups in total. The number of benzene rings is 1. The summed E-state index contributed by atoms with van der Waals surface area (Å²) in [5.41, 5.74) is 1.28. The highest BCUT2D eigenvalue weighted by atomic mass is 79.9. The van der Waals surface area contributed by atoms with Crippen LogP contribution in [0.1, 0.15) is 24.8 Å². The Morgan fingerprint density at radius 1 is 1.41 bits per heavy atom. The van der Waals surface area contributed by atoms with Gasteiger partial charge in [-0.1, -0.05) is 24.1 Å². The Hall–Kier alpha value is 0.300. The molecule has 0 radical (unpaired) electrons. The van der Waals surface area contributed by atoms with Gasteiger partial charge in [-0.2, -0.15) is 11.8 Å². The van der Waals surface area contributed by atoms with Gasteiger partial charge in [-0.3, -0.25) is 0 Å². The second-order valence-electron chi connectivity index (χ2n) is 4.37. The van der Waals surface area contributed by atoms with E-state index in [4.69, 9.17) is 11.6 Å². The molecule has 1 atom stereocenters. The molecule has 1 aliphatic heterocycles. The van der Waals surface area contributed by atoms with E-state index in [-0.39, 0.29) is 0 Å². The zero-order valence-corrected chi connectivity index (χ0v) is 12.9. The highest BCUT2D eigenvalue weighted by Crippen LogP contribution is 2.25. The standard InChI is InChI=1S/C13H17BrClNS/c14-12-7-10(4-5-13(12)15)8-16-9-11-3-1-2-6-17-11/h4-5,7,11,16H,1-3,6,8-9H2. The molecule has 1 heterocycles. The number of hydrogen-bond acceptors (Lipinski definition) is 2. The molecule has 1 fully saturated rings. The average Bonchev–Trinajstić information content (AvgIpc) is 2.35. The zero-order chi connectivity index (χ0) is 12.1. The van der Waals surface area contributed by atoms with Gasteiger partial charge in [0.15, 0.2) is 0 Å². The molecule has 1 nitrogen and oxygen atoms in total. The maximum atomic E-state index is 5.97. The van der Waals surface area contributed by atoms with E-state index in [1.165, 1.54) is 30.6 Å². The van der Waals surface area contributed by atoms with Gasteiger partial charge in [0.05, 0.1) is 5.02 Å². The SMILES string of the molecule is Clc1ccc(CNCC2CCCCS2)cc1Br. The topological polar surface area (TPSA) is 12.0 Å². The first-order chi connectivity index (χ1) is 8.25. The summed E-state index contributed by atoms with van der Waals surface area (Å²) in [6, 6.07) is 6.11. The van der Waals surface area contributed by atoms with Crippen molar-refractivity contribution in [3.63, 3.8) is 0 Å². The molecule has 0 amide bonds. The minimum Gasteiger partial charge on any atom is -0.312 e. The van der Waals surface area contributed by atoms with Crippen LogP contribution in [-0.4, -0.2) is 17.5 Å². The van der Waals surface area contributed by atoms with E-state index in [9.17, 15) is 0 Å². The number of halogens is 2. The zero-order valence-electron chi connectivity index (χ0n) is 9.72. The van der Waals surface area contributed by atoms with Crippen molar-refractivity contribution in [2.24, 2.45) is 0 Å². The van der Waals surface area contributed by atoms with Crippen LogP contribution in [0.2, 0.25) is 5.02 Å². The van der Waals surface area contributed by atoms with E-state index >= 15 is 0 Å². The minimum atomic E-state index is 0.775. The highest BCUT2D eigenvalue weighted by molar-refractivity contribution is 9.10. The Morgan fingerprint density at radius 2 is 2.29 bits per heavy atom. The first kappa shape index (κ1) is 13.7. The first-order valence-corrected chi connectivity index (χ1v) is 8.24. The Bertz CT molecular complexity index is 366. The molecule has 0 bridgehead atoms. The van der Waals surface area contributed by atoms with E-state index in [1.54, 1.807) is 0 Å². The summed E-state index contributed by atoms with van der Waals surface area (Å²) >= 11 is 11.5. The van der Waals surface area contributed by atoms with Crippen LogP contribution in [0.25, 0.3) is 0 Å². The summed E-state index contributed by atoms with van der Waals surface area (Å²) in [6.07, 6.45) is 4.15. The van der Waals surface area contributed by atoms with Crippen LogP contribution in [0.3, 0.4) is 0 Å². The van der Waals surface area contributed by atoms with Crippen molar-refractivity contribution in [3.05, 3.63) is 33.3 Å². The molecule has 0 aliphatic carbocycles. The second kappa shape index (κ2) is 7.03. The van der Waals surface area contributed by atoms with Gasteiger partial charge in [0.25, 0.3) is 0 Å². The van der Waals surface area contributed by atoms with Crippen LogP contribution in [0, 0.1) is 0 Å². The lowest BCUT2D eigenvalue weighted by atomic mass is 10.2. The molecule has 1 aromatic carbocycles. The van der Waals surface area contributed by atoms with Gasteiger partial charge in [0.1, 0.15) is 0 Å². The van der Waals surface area contributed by atoms with Crippen molar-refractivity contribution in [1.82, 2.24) is 5.32 Å². The first-order valence-electron chi connectivity index (χ1n) is 6.02. The molecule has 4 heteroatoms. The van der Waals surface area contributed by atoms with Gasteiger partial charge in [-0.25, -0.2) is 0 Å². The number of nitrogens with one attached hydrogen (secondary N) is 1. The van der Waals surface area contributed by atoms with Gasteiger partial charge >= 0.3 is 0 Å². The predicted molar refractivity (Wildman–Crippen MR) is 81.0 cm³/mol. The molecule has 0 saturated carbocycles. The molecule has 94 valence electrons. The van der Waals surface area contributed by atoms with Crippen LogP contribution in [0.15, 0.2) is 22.7 Å².